The van der Waals surface area contributed by atoms with Gasteiger partial charge in [0.15, 0.2) is 0 Å². The van der Waals surface area contributed by atoms with Gasteiger partial charge >= 0.3 is 0 Å². The highest BCUT2D eigenvalue weighted by atomic mass is 79.9. The molecule has 0 saturated carbocycles. The fourth-order valence-corrected chi connectivity index (χ4v) is 2.28. The van der Waals surface area contributed by atoms with Crippen molar-refractivity contribution in [2.24, 2.45) is 0 Å². The molecule has 1 nitrogen and oxygen atoms in total. The predicted molar refractivity (Wildman–Crippen MR) is 84.2 cm³/mol. The van der Waals surface area contributed by atoms with Crippen LogP contribution in [0.4, 0.5) is 0 Å². The Balaban J connectivity index is 0. The van der Waals surface area contributed by atoms with E-state index in [4.69, 9.17) is 0 Å². The molecular weight excluding hydrogens is 330 g/mol. The molecule has 0 aliphatic heterocycles. The summed E-state index contributed by atoms with van der Waals surface area (Å²) in [5, 5.41) is 1.15. The first kappa shape index (κ1) is 19.3. The van der Waals surface area contributed by atoms with E-state index in [1.165, 1.54) is 51.4 Å². The normalized spacial score (nSPS) is 12.6. The number of hydrogen-bond donors (Lipinski definition) is 0. The van der Waals surface area contributed by atoms with E-state index in [-0.39, 0.29) is 17.0 Å². The van der Waals surface area contributed by atoms with E-state index in [1.54, 1.807) is 0 Å². The van der Waals surface area contributed by atoms with Crippen molar-refractivity contribution >= 4 is 32.9 Å². The third kappa shape index (κ3) is 11.4. The third-order valence-corrected chi connectivity index (χ3v) is 3.60. The molecule has 1 atom stereocenters. The lowest BCUT2D eigenvalue weighted by molar-refractivity contribution is 0.256. The molecule has 0 spiro atoms. The maximum atomic E-state index is 3.51. The van der Waals surface area contributed by atoms with Crippen LogP contribution in [0.5, 0.6) is 0 Å². The number of nitrogens with zero attached hydrogens (tertiary/aromatic N) is 1. The minimum absolute atomic E-state index is 0. The highest BCUT2D eigenvalue weighted by Crippen LogP contribution is 2.14. The van der Waals surface area contributed by atoms with Crippen molar-refractivity contribution < 1.29 is 0 Å². The Morgan fingerprint density at radius 3 is 2.00 bits per heavy atom. The summed E-state index contributed by atoms with van der Waals surface area (Å²) in [7, 11) is 4.43. The second kappa shape index (κ2) is 14.0. The lowest BCUT2D eigenvalue weighted by Crippen LogP contribution is -2.27. The molecule has 0 aromatic carbocycles. The van der Waals surface area contributed by atoms with E-state index in [0.717, 1.165) is 11.4 Å². The molecule has 0 amide bonds. The summed E-state index contributed by atoms with van der Waals surface area (Å²) in [6.07, 6.45) is 11.0. The quantitative estimate of drug-likeness (QED) is 0.391. The molecule has 0 aromatic heterocycles. The molecule has 0 N–H and O–H groups in total. The first-order valence-corrected chi connectivity index (χ1v) is 7.56. The van der Waals surface area contributed by atoms with Crippen LogP contribution in [0.25, 0.3) is 0 Å². The van der Waals surface area contributed by atoms with E-state index >= 15 is 0 Å². The van der Waals surface area contributed by atoms with Gasteiger partial charge in [-0.15, -0.1) is 17.0 Å². The third-order valence-electron chi connectivity index (χ3n) is 3.04. The van der Waals surface area contributed by atoms with Crippen LogP contribution in [0.1, 0.15) is 58.3 Å². The van der Waals surface area contributed by atoms with Gasteiger partial charge < -0.3 is 4.90 Å². The van der Waals surface area contributed by atoms with Crippen molar-refractivity contribution in [1.29, 1.82) is 0 Å². The zero-order valence-corrected chi connectivity index (χ0v) is 14.5. The van der Waals surface area contributed by atoms with Crippen molar-refractivity contribution in [3.8, 4) is 0 Å². The lowest BCUT2D eigenvalue weighted by atomic mass is 10.0. The van der Waals surface area contributed by atoms with Crippen molar-refractivity contribution in [3.63, 3.8) is 0 Å². The second-order valence-corrected chi connectivity index (χ2v) is 5.44. The summed E-state index contributed by atoms with van der Waals surface area (Å²) in [5.74, 6) is 0. The molecule has 16 heavy (non-hydrogen) atoms. The SMILES string of the molecule is Br.CCCCCCCC(CCCBr)N(C)C. The Bertz CT molecular complexity index is 129. The number of alkyl halides is 1. The number of unbranched alkanes of at least 4 members (excludes halogenated alkanes) is 4. The van der Waals surface area contributed by atoms with Gasteiger partial charge in [-0.05, 0) is 33.4 Å². The zero-order valence-electron chi connectivity index (χ0n) is 11.2. The van der Waals surface area contributed by atoms with E-state index in [9.17, 15) is 0 Å². The summed E-state index contributed by atoms with van der Waals surface area (Å²) in [6.45, 7) is 2.28. The summed E-state index contributed by atoms with van der Waals surface area (Å²) < 4.78 is 0. The monoisotopic (exact) mass is 357 g/mol. The summed E-state index contributed by atoms with van der Waals surface area (Å²) in [5.41, 5.74) is 0. The van der Waals surface area contributed by atoms with Crippen LogP contribution in [-0.2, 0) is 0 Å². The largest absolute Gasteiger partial charge is 0.306 e. The highest BCUT2D eigenvalue weighted by molar-refractivity contribution is 9.09. The van der Waals surface area contributed by atoms with E-state index in [2.05, 4.69) is 41.8 Å². The Morgan fingerprint density at radius 1 is 0.938 bits per heavy atom. The van der Waals surface area contributed by atoms with Crippen LogP contribution >= 0.6 is 32.9 Å². The van der Waals surface area contributed by atoms with Gasteiger partial charge in [-0.25, -0.2) is 0 Å². The van der Waals surface area contributed by atoms with Crippen LogP contribution < -0.4 is 0 Å². The topological polar surface area (TPSA) is 3.24 Å². The maximum absolute atomic E-state index is 3.51. The van der Waals surface area contributed by atoms with Crippen LogP contribution in [0.3, 0.4) is 0 Å². The van der Waals surface area contributed by atoms with Gasteiger partial charge in [-0.2, -0.15) is 0 Å². The van der Waals surface area contributed by atoms with Crippen LogP contribution in [0.2, 0.25) is 0 Å². The number of hydrogen-bond acceptors (Lipinski definition) is 1. The first-order chi connectivity index (χ1) is 7.22. The standard InChI is InChI=1S/C13H28BrN.BrH/c1-4-5-6-7-8-10-13(15(2)3)11-9-12-14;/h13H,4-12H2,1-3H3;1H. The smallest absolute Gasteiger partial charge is 0.00894 e. The van der Waals surface area contributed by atoms with Crippen molar-refractivity contribution in [2.75, 3.05) is 19.4 Å². The minimum atomic E-state index is 0. The summed E-state index contributed by atoms with van der Waals surface area (Å²) in [4.78, 5) is 2.39. The molecule has 0 heterocycles. The average Bonchev–Trinajstić information content (AvgIpc) is 2.21. The Labute approximate surface area is 121 Å². The molecule has 0 radical (unpaired) electrons. The molecule has 0 fully saturated rings. The molecule has 0 saturated heterocycles. The van der Waals surface area contributed by atoms with Gasteiger partial charge in [0, 0.05) is 11.4 Å². The maximum Gasteiger partial charge on any atom is 0.00894 e. The average molecular weight is 359 g/mol. The lowest BCUT2D eigenvalue weighted by Gasteiger charge is -2.24. The van der Waals surface area contributed by atoms with E-state index in [1.807, 2.05) is 0 Å². The molecule has 0 rings (SSSR count). The Kier molecular flexibility index (Phi) is 16.8. The molecule has 0 bridgehead atoms. The molecule has 1 unspecified atom stereocenters. The van der Waals surface area contributed by atoms with E-state index in [0.29, 0.717) is 0 Å². The fraction of sp³-hybridized carbons (Fsp3) is 1.00. The Morgan fingerprint density at radius 2 is 1.50 bits per heavy atom. The van der Waals surface area contributed by atoms with Gasteiger partial charge in [0.2, 0.25) is 0 Å². The van der Waals surface area contributed by atoms with Gasteiger partial charge in [-0.3, -0.25) is 0 Å². The van der Waals surface area contributed by atoms with Crippen molar-refractivity contribution in [1.82, 2.24) is 4.90 Å². The highest BCUT2D eigenvalue weighted by Gasteiger charge is 2.09. The van der Waals surface area contributed by atoms with E-state index < -0.39 is 0 Å². The molecular formula is C13H29Br2N. The van der Waals surface area contributed by atoms with Crippen molar-refractivity contribution in [2.45, 2.75) is 64.3 Å². The summed E-state index contributed by atoms with van der Waals surface area (Å²) >= 11 is 3.51. The Hall–Kier alpha value is 0.920. The molecule has 0 aliphatic rings. The van der Waals surface area contributed by atoms with Crippen LogP contribution in [0, 0.1) is 0 Å². The first-order valence-electron chi connectivity index (χ1n) is 6.44. The zero-order chi connectivity index (χ0) is 11.5. The fourth-order valence-electron chi connectivity index (χ4n) is 1.96. The predicted octanol–water partition coefficient (Wildman–Crippen LogP) is 5.03. The van der Waals surface area contributed by atoms with Gasteiger partial charge in [-0.1, -0.05) is 55.0 Å². The number of rotatable bonds is 10. The summed E-state index contributed by atoms with van der Waals surface area (Å²) in [6, 6.07) is 0.796. The number of halogens is 2. The second-order valence-electron chi connectivity index (χ2n) is 4.65. The van der Waals surface area contributed by atoms with Crippen molar-refractivity contribution in [3.05, 3.63) is 0 Å². The molecule has 100 valence electrons. The van der Waals surface area contributed by atoms with Gasteiger partial charge in [0.05, 0.1) is 0 Å². The van der Waals surface area contributed by atoms with Crippen LogP contribution in [0.15, 0.2) is 0 Å². The minimum Gasteiger partial charge on any atom is -0.306 e. The van der Waals surface area contributed by atoms with Gasteiger partial charge in [0.1, 0.15) is 0 Å². The molecule has 0 aromatic rings. The van der Waals surface area contributed by atoms with Gasteiger partial charge in [0.25, 0.3) is 0 Å². The molecule has 3 heteroatoms. The van der Waals surface area contributed by atoms with Crippen LogP contribution in [-0.4, -0.2) is 30.4 Å². The molecule has 0 aliphatic carbocycles.